The number of ketones is 1. The maximum atomic E-state index is 13.1. The maximum Gasteiger partial charge on any atom is 0.222 e. The molecule has 0 fully saturated rings. The van der Waals surface area contributed by atoms with E-state index in [2.05, 4.69) is 6.07 Å². The standard InChI is InChI=1S/C18H16FNO2/c1-11-7-13-9-20(15-5-3-14(19)4-6-15)18(17(22)10-21)16(13)8-12(11)2/h3-8,10,18H,9H2,1-2H3. The summed E-state index contributed by atoms with van der Waals surface area (Å²) in [5, 5.41) is 0. The molecule has 1 atom stereocenters. The molecule has 0 saturated heterocycles. The van der Waals surface area contributed by atoms with E-state index in [-0.39, 0.29) is 5.82 Å². The van der Waals surface area contributed by atoms with Gasteiger partial charge in [-0.15, -0.1) is 0 Å². The lowest BCUT2D eigenvalue weighted by molar-refractivity contribution is -0.130. The van der Waals surface area contributed by atoms with Crippen LogP contribution in [0.3, 0.4) is 0 Å². The second-order valence-corrected chi connectivity index (χ2v) is 5.66. The fourth-order valence-electron chi connectivity index (χ4n) is 2.98. The van der Waals surface area contributed by atoms with Gasteiger partial charge in [0.1, 0.15) is 11.9 Å². The van der Waals surface area contributed by atoms with Crippen molar-refractivity contribution in [3.05, 3.63) is 64.5 Å². The number of rotatable bonds is 3. The lowest BCUT2D eigenvalue weighted by atomic mass is 9.96. The van der Waals surface area contributed by atoms with Gasteiger partial charge >= 0.3 is 0 Å². The number of hydrogen-bond donors (Lipinski definition) is 0. The van der Waals surface area contributed by atoms with Gasteiger partial charge < -0.3 is 4.90 Å². The topological polar surface area (TPSA) is 37.4 Å². The Bertz CT molecular complexity index is 752. The van der Waals surface area contributed by atoms with Crippen LogP contribution in [0.5, 0.6) is 0 Å². The van der Waals surface area contributed by atoms with Crippen molar-refractivity contribution in [2.24, 2.45) is 0 Å². The summed E-state index contributed by atoms with van der Waals surface area (Å²) in [4.78, 5) is 25.0. The molecule has 1 heterocycles. The summed E-state index contributed by atoms with van der Waals surface area (Å²) in [7, 11) is 0. The molecular formula is C18H16FNO2. The molecule has 0 saturated carbocycles. The third-order valence-electron chi connectivity index (χ3n) is 4.25. The highest BCUT2D eigenvalue weighted by Crippen LogP contribution is 2.39. The predicted molar refractivity (Wildman–Crippen MR) is 82.3 cm³/mol. The first-order valence-corrected chi connectivity index (χ1v) is 7.12. The van der Waals surface area contributed by atoms with Gasteiger partial charge in [0.15, 0.2) is 6.29 Å². The summed E-state index contributed by atoms with van der Waals surface area (Å²) >= 11 is 0. The number of benzene rings is 2. The van der Waals surface area contributed by atoms with Crippen molar-refractivity contribution < 1.29 is 14.0 Å². The van der Waals surface area contributed by atoms with E-state index in [1.165, 1.54) is 12.1 Å². The summed E-state index contributed by atoms with van der Waals surface area (Å²) in [6.45, 7) is 4.54. The second kappa shape index (κ2) is 5.37. The molecule has 1 aliphatic rings. The number of anilines is 1. The number of aldehydes is 1. The highest BCUT2D eigenvalue weighted by atomic mass is 19.1. The Labute approximate surface area is 128 Å². The Morgan fingerprint density at radius 2 is 1.82 bits per heavy atom. The van der Waals surface area contributed by atoms with E-state index in [1.807, 2.05) is 24.8 Å². The summed E-state index contributed by atoms with van der Waals surface area (Å²) in [6, 6.07) is 9.38. The van der Waals surface area contributed by atoms with Crippen molar-refractivity contribution in [1.29, 1.82) is 0 Å². The molecule has 0 N–H and O–H groups in total. The highest BCUT2D eigenvalue weighted by molar-refractivity contribution is 6.28. The van der Waals surface area contributed by atoms with Crippen molar-refractivity contribution in [2.45, 2.75) is 26.4 Å². The van der Waals surface area contributed by atoms with E-state index >= 15 is 0 Å². The van der Waals surface area contributed by atoms with Crippen molar-refractivity contribution in [1.82, 2.24) is 0 Å². The maximum absolute atomic E-state index is 13.1. The Morgan fingerprint density at radius 1 is 1.18 bits per heavy atom. The third kappa shape index (κ3) is 2.30. The van der Waals surface area contributed by atoms with Crippen molar-refractivity contribution >= 4 is 17.8 Å². The molecule has 2 aromatic carbocycles. The summed E-state index contributed by atoms with van der Waals surface area (Å²) in [6.07, 6.45) is 0.367. The molecule has 112 valence electrons. The Balaban J connectivity index is 2.10. The minimum Gasteiger partial charge on any atom is -0.353 e. The van der Waals surface area contributed by atoms with Crippen LogP contribution in [0.1, 0.15) is 28.3 Å². The van der Waals surface area contributed by atoms with Crippen LogP contribution in [0.2, 0.25) is 0 Å². The molecule has 0 aliphatic carbocycles. The molecule has 0 bridgehead atoms. The van der Waals surface area contributed by atoms with Gasteiger partial charge in [-0.3, -0.25) is 9.59 Å². The van der Waals surface area contributed by atoms with E-state index in [0.717, 1.165) is 27.9 Å². The average molecular weight is 297 g/mol. The lowest BCUT2D eigenvalue weighted by Crippen LogP contribution is -2.28. The fourth-order valence-corrected chi connectivity index (χ4v) is 2.98. The zero-order valence-corrected chi connectivity index (χ0v) is 12.5. The molecule has 1 aliphatic heterocycles. The number of hydrogen-bond acceptors (Lipinski definition) is 3. The smallest absolute Gasteiger partial charge is 0.222 e. The number of fused-ring (bicyclic) bond motifs is 1. The zero-order chi connectivity index (χ0) is 15.9. The van der Waals surface area contributed by atoms with E-state index in [4.69, 9.17) is 0 Å². The van der Waals surface area contributed by atoms with Crippen LogP contribution in [0.25, 0.3) is 0 Å². The number of aryl methyl sites for hydroxylation is 2. The third-order valence-corrected chi connectivity index (χ3v) is 4.25. The highest BCUT2D eigenvalue weighted by Gasteiger charge is 2.35. The Hall–Kier alpha value is -2.49. The Kier molecular flexibility index (Phi) is 3.53. The van der Waals surface area contributed by atoms with Crippen LogP contribution < -0.4 is 4.90 Å². The molecule has 3 rings (SSSR count). The SMILES string of the molecule is Cc1cc2c(cc1C)C(C(=O)C=O)N(c1ccc(F)cc1)C2. The minimum absolute atomic E-state index is 0.328. The second-order valence-electron chi connectivity index (χ2n) is 5.66. The van der Waals surface area contributed by atoms with Crippen LogP contribution in [-0.4, -0.2) is 12.1 Å². The van der Waals surface area contributed by atoms with Gasteiger partial charge in [0.05, 0.1) is 0 Å². The lowest BCUT2D eigenvalue weighted by Gasteiger charge is -2.24. The summed E-state index contributed by atoms with van der Waals surface area (Å²) in [5.74, 6) is -0.809. The molecule has 4 heteroatoms. The molecule has 3 nitrogen and oxygen atoms in total. The largest absolute Gasteiger partial charge is 0.353 e. The number of carbonyl (C=O) groups excluding carboxylic acids is 2. The Morgan fingerprint density at radius 3 is 2.45 bits per heavy atom. The van der Waals surface area contributed by atoms with Crippen LogP contribution >= 0.6 is 0 Å². The first-order valence-electron chi connectivity index (χ1n) is 7.12. The first kappa shape index (κ1) is 14.4. The summed E-state index contributed by atoms with van der Waals surface area (Å²) < 4.78 is 13.1. The number of halogens is 1. The average Bonchev–Trinajstić information content (AvgIpc) is 2.86. The van der Waals surface area contributed by atoms with Gasteiger partial charge in [0, 0.05) is 12.2 Å². The normalized spacial score (nSPS) is 16.5. The van der Waals surface area contributed by atoms with Crippen molar-refractivity contribution in [3.63, 3.8) is 0 Å². The molecule has 1 unspecified atom stereocenters. The number of Topliss-reactive ketones (excluding diaryl/α,β-unsaturated/α-hetero) is 1. The molecule has 2 aromatic rings. The van der Waals surface area contributed by atoms with Crippen LogP contribution in [0, 0.1) is 19.7 Å². The molecular weight excluding hydrogens is 281 g/mol. The van der Waals surface area contributed by atoms with E-state index in [9.17, 15) is 14.0 Å². The molecule has 22 heavy (non-hydrogen) atoms. The van der Waals surface area contributed by atoms with Gasteiger partial charge in [-0.2, -0.15) is 0 Å². The van der Waals surface area contributed by atoms with E-state index in [1.54, 1.807) is 12.1 Å². The molecule has 0 spiro atoms. The number of carbonyl (C=O) groups is 2. The van der Waals surface area contributed by atoms with Gasteiger partial charge in [-0.05, 0) is 60.4 Å². The number of nitrogens with zero attached hydrogens (tertiary/aromatic N) is 1. The van der Waals surface area contributed by atoms with Crippen LogP contribution in [-0.2, 0) is 16.1 Å². The molecule has 0 radical (unpaired) electrons. The van der Waals surface area contributed by atoms with E-state index in [0.29, 0.717) is 12.8 Å². The van der Waals surface area contributed by atoms with Gasteiger partial charge in [0.2, 0.25) is 5.78 Å². The van der Waals surface area contributed by atoms with Crippen LogP contribution in [0.4, 0.5) is 10.1 Å². The summed E-state index contributed by atoms with van der Waals surface area (Å²) in [5.41, 5.74) is 4.87. The van der Waals surface area contributed by atoms with Gasteiger partial charge in [-0.1, -0.05) is 12.1 Å². The van der Waals surface area contributed by atoms with Crippen molar-refractivity contribution in [2.75, 3.05) is 4.90 Å². The predicted octanol–water partition coefficient (Wildman–Crippen LogP) is 3.27. The quantitative estimate of drug-likeness (QED) is 0.644. The van der Waals surface area contributed by atoms with Gasteiger partial charge in [0.25, 0.3) is 0 Å². The molecule has 0 amide bonds. The zero-order valence-electron chi connectivity index (χ0n) is 12.5. The van der Waals surface area contributed by atoms with Crippen LogP contribution in [0.15, 0.2) is 36.4 Å². The van der Waals surface area contributed by atoms with Gasteiger partial charge in [-0.25, -0.2) is 4.39 Å². The molecule has 0 aromatic heterocycles. The van der Waals surface area contributed by atoms with E-state index < -0.39 is 11.8 Å². The fraction of sp³-hybridized carbons (Fsp3) is 0.222. The monoisotopic (exact) mass is 297 g/mol. The minimum atomic E-state index is -0.628. The first-order chi connectivity index (χ1) is 10.5. The van der Waals surface area contributed by atoms with Crippen molar-refractivity contribution in [3.8, 4) is 0 Å².